The van der Waals surface area contributed by atoms with Crippen molar-refractivity contribution in [2.75, 3.05) is 26.2 Å². The topological polar surface area (TPSA) is 66.8 Å². The molecule has 1 heterocycles. The number of piperidine rings is 1. The Balaban J connectivity index is 2.07. The molecule has 2 rings (SSSR count). The summed E-state index contributed by atoms with van der Waals surface area (Å²) >= 11 is 0. The van der Waals surface area contributed by atoms with Crippen molar-refractivity contribution in [3.05, 3.63) is 0 Å². The number of carboxylic acid groups (broad SMARTS) is 1. The molecule has 0 radical (unpaired) electrons. The molecular formula is C14H23NO4. The van der Waals surface area contributed by atoms with Gasteiger partial charge in [0.2, 0.25) is 0 Å². The van der Waals surface area contributed by atoms with Gasteiger partial charge in [-0.25, -0.2) is 0 Å². The number of carboxylic acids is 1. The molecule has 1 saturated heterocycles. The number of likely N-dealkylation sites (tertiary alicyclic amines) is 1. The first kappa shape index (κ1) is 14.3. The predicted molar refractivity (Wildman–Crippen MR) is 69.6 cm³/mol. The second kappa shape index (κ2) is 5.49. The molecule has 0 aromatic heterocycles. The zero-order chi connectivity index (χ0) is 14.0. The van der Waals surface area contributed by atoms with Crippen LogP contribution in [0.4, 0.5) is 0 Å². The highest BCUT2D eigenvalue weighted by molar-refractivity contribution is 5.73. The number of carbonyl (C=O) groups is 2. The number of aliphatic carboxylic acids is 1. The molecule has 2 fully saturated rings. The first-order chi connectivity index (χ1) is 9.02. The van der Waals surface area contributed by atoms with Gasteiger partial charge in [0.1, 0.15) is 0 Å². The smallest absolute Gasteiger partial charge is 0.320 e. The second-order valence-electron chi connectivity index (χ2n) is 5.81. The van der Waals surface area contributed by atoms with E-state index in [0.717, 1.165) is 19.3 Å². The zero-order valence-corrected chi connectivity index (χ0v) is 11.7. The molecule has 0 aromatic carbocycles. The Hall–Kier alpha value is -1.10. The standard InChI is InChI=1S/C14H23NO4/c1-3-14-6-5-10(12(14)13(17)18)7-15(9-14)8-11(16)19-4-2/h10,12H,3-9H2,1-2H3,(H,17,18). The Morgan fingerprint density at radius 2 is 2.16 bits per heavy atom. The van der Waals surface area contributed by atoms with E-state index in [1.807, 2.05) is 0 Å². The van der Waals surface area contributed by atoms with Gasteiger partial charge in [-0.15, -0.1) is 0 Å². The van der Waals surface area contributed by atoms with Crippen LogP contribution in [0, 0.1) is 17.3 Å². The summed E-state index contributed by atoms with van der Waals surface area (Å²) in [4.78, 5) is 25.2. The van der Waals surface area contributed by atoms with Gasteiger partial charge in [-0.05, 0) is 37.5 Å². The van der Waals surface area contributed by atoms with E-state index in [-0.39, 0.29) is 23.2 Å². The molecule has 1 aliphatic carbocycles. The number of rotatable bonds is 5. The first-order valence-corrected chi connectivity index (χ1v) is 7.13. The summed E-state index contributed by atoms with van der Waals surface area (Å²) in [6, 6.07) is 0. The van der Waals surface area contributed by atoms with Crippen LogP contribution in [0.5, 0.6) is 0 Å². The van der Waals surface area contributed by atoms with Crippen molar-refractivity contribution in [1.82, 2.24) is 4.90 Å². The van der Waals surface area contributed by atoms with Crippen LogP contribution in [-0.4, -0.2) is 48.2 Å². The molecule has 1 aliphatic heterocycles. The molecule has 5 nitrogen and oxygen atoms in total. The van der Waals surface area contributed by atoms with Gasteiger partial charge in [0.25, 0.3) is 0 Å². The third kappa shape index (κ3) is 2.61. The minimum absolute atomic E-state index is 0.152. The monoisotopic (exact) mass is 269 g/mol. The van der Waals surface area contributed by atoms with Crippen molar-refractivity contribution >= 4 is 11.9 Å². The minimum atomic E-state index is -0.667. The zero-order valence-electron chi connectivity index (χ0n) is 11.7. The van der Waals surface area contributed by atoms with E-state index in [9.17, 15) is 14.7 Å². The third-order valence-corrected chi connectivity index (χ3v) is 4.80. The number of carbonyl (C=O) groups excluding carboxylic acids is 1. The molecule has 5 heteroatoms. The predicted octanol–water partition coefficient (Wildman–Crippen LogP) is 1.37. The van der Waals surface area contributed by atoms with Gasteiger partial charge in [-0.2, -0.15) is 0 Å². The Morgan fingerprint density at radius 3 is 2.74 bits per heavy atom. The van der Waals surface area contributed by atoms with Crippen LogP contribution >= 0.6 is 0 Å². The van der Waals surface area contributed by atoms with Gasteiger partial charge in [0.05, 0.1) is 19.1 Å². The maximum atomic E-state index is 11.6. The SMILES string of the molecule is CCOC(=O)CN1CC2CCC(CC)(C1)C2C(=O)O. The maximum Gasteiger partial charge on any atom is 0.320 e. The van der Waals surface area contributed by atoms with Crippen molar-refractivity contribution in [2.45, 2.75) is 33.1 Å². The molecule has 3 unspecified atom stereocenters. The van der Waals surface area contributed by atoms with Gasteiger partial charge in [0.15, 0.2) is 0 Å². The Kier molecular flexibility index (Phi) is 4.13. The second-order valence-corrected chi connectivity index (χ2v) is 5.81. The van der Waals surface area contributed by atoms with Gasteiger partial charge >= 0.3 is 11.9 Å². The largest absolute Gasteiger partial charge is 0.481 e. The lowest BCUT2D eigenvalue weighted by Gasteiger charge is -2.43. The number of nitrogens with zero attached hydrogens (tertiary/aromatic N) is 1. The summed E-state index contributed by atoms with van der Waals surface area (Å²) in [5.41, 5.74) is -0.152. The average Bonchev–Trinajstić information content (AvgIpc) is 2.59. The molecule has 1 N–H and O–H groups in total. The highest BCUT2D eigenvalue weighted by Crippen LogP contribution is 2.53. The Morgan fingerprint density at radius 1 is 1.42 bits per heavy atom. The highest BCUT2D eigenvalue weighted by Gasteiger charge is 2.55. The van der Waals surface area contributed by atoms with E-state index in [1.165, 1.54) is 0 Å². The number of hydrogen-bond donors (Lipinski definition) is 1. The van der Waals surface area contributed by atoms with Gasteiger partial charge in [0, 0.05) is 13.1 Å². The quantitative estimate of drug-likeness (QED) is 0.764. The lowest BCUT2D eigenvalue weighted by Crippen LogP contribution is -2.52. The molecule has 2 bridgehead atoms. The number of esters is 1. The lowest BCUT2D eigenvalue weighted by atomic mass is 9.70. The van der Waals surface area contributed by atoms with E-state index >= 15 is 0 Å². The fraction of sp³-hybridized carbons (Fsp3) is 0.857. The summed E-state index contributed by atoms with van der Waals surface area (Å²) in [5, 5.41) is 9.46. The Labute approximate surface area is 113 Å². The summed E-state index contributed by atoms with van der Waals surface area (Å²) in [6.45, 7) is 5.95. The number of fused-ring (bicyclic) bond motifs is 2. The third-order valence-electron chi connectivity index (χ3n) is 4.80. The normalized spacial score (nSPS) is 34.2. The van der Waals surface area contributed by atoms with E-state index in [4.69, 9.17) is 4.74 Å². The van der Waals surface area contributed by atoms with Crippen molar-refractivity contribution in [1.29, 1.82) is 0 Å². The molecule has 19 heavy (non-hydrogen) atoms. The van der Waals surface area contributed by atoms with Crippen LogP contribution < -0.4 is 0 Å². The lowest BCUT2D eigenvalue weighted by molar-refractivity contribution is -0.153. The van der Waals surface area contributed by atoms with Crippen LogP contribution in [0.25, 0.3) is 0 Å². The van der Waals surface area contributed by atoms with E-state index < -0.39 is 5.97 Å². The molecule has 2 aliphatic rings. The van der Waals surface area contributed by atoms with E-state index in [1.54, 1.807) is 6.92 Å². The molecule has 1 saturated carbocycles. The maximum absolute atomic E-state index is 11.6. The molecular weight excluding hydrogens is 246 g/mol. The van der Waals surface area contributed by atoms with Crippen LogP contribution in [0.2, 0.25) is 0 Å². The number of hydrogen-bond acceptors (Lipinski definition) is 4. The fourth-order valence-electron chi connectivity index (χ4n) is 3.99. The summed E-state index contributed by atoms with van der Waals surface area (Å²) in [5.74, 6) is -0.932. The molecule has 0 aromatic rings. The van der Waals surface area contributed by atoms with Crippen molar-refractivity contribution in [3.8, 4) is 0 Å². The van der Waals surface area contributed by atoms with Crippen molar-refractivity contribution in [2.24, 2.45) is 17.3 Å². The average molecular weight is 269 g/mol. The molecule has 3 atom stereocenters. The van der Waals surface area contributed by atoms with Crippen LogP contribution in [0.1, 0.15) is 33.1 Å². The molecule has 0 spiro atoms. The summed E-state index contributed by atoms with van der Waals surface area (Å²) < 4.78 is 4.98. The summed E-state index contributed by atoms with van der Waals surface area (Å²) in [7, 11) is 0. The van der Waals surface area contributed by atoms with Gasteiger partial charge in [-0.3, -0.25) is 14.5 Å². The van der Waals surface area contributed by atoms with Gasteiger partial charge < -0.3 is 9.84 Å². The number of ether oxygens (including phenoxy) is 1. The fourth-order valence-corrected chi connectivity index (χ4v) is 3.99. The van der Waals surface area contributed by atoms with Gasteiger partial charge in [-0.1, -0.05) is 6.92 Å². The van der Waals surface area contributed by atoms with Crippen molar-refractivity contribution < 1.29 is 19.4 Å². The first-order valence-electron chi connectivity index (χ1n) is 7.13. The van der Waals surface area contributed by atoms with Crippen LogP contribution in [0.3, 0.4) is 0 Å². The summed E-state index contributed by atoms with van der Waals surface area (Å²) in [6.07, 6.45) is 2.79. The van der Waals surface area contributed by atoms with E-state index in [2.05, 4.69) is 11.8 Å². The molecule has 108 valence electrons. The van der Waals surface area contributed by atoms with Crippen molar-refractivity contribution in [3.63, 3.8) is 0 Å². The van der Waals surface area contributed by atoms with E-state index in [0.29, 0.717) is 26.2 Å². The minimum Gasteiger partial charge on any atom is -0.481 e. The van der Waals surface area contributed by atoms with Crippen LogP contribution in [0.15, 0.2) is 0 Å². The van der Waals surface area contributed by atoms with Crippen LogP contribution in [-0.2, 0) is 14.3 Å². The highest BCUT2D eigenvalue weighted by atomic mass is 16.5. The molecule has 0 amide bonds. The Bertz CT molecular complexity index is 370.